The Morgan fingerprint density at radius 2 is 2.00 bits per heavy atom. The van der Waals surface area contributed by atoms with E-state index >= 15 is 0 Å². The zero-order valence-corrected chi connectivity index (χ0v) is 9.16. The zero-order chi connectivity index (χ0) is 11.5. The smallest absolute Gasteiger partial charge is 0.273 e. The average Bonchev–Trinajstić information content (AvgIpc) is 2.63. The summed E-state index contributed by atoms with van der Waals surface area (Å²) in [5, 5.41) is 2.10. The van der Waals surface area contributed by atoms with Crippen LogP contribution in [0.3, 0.4) is 0 Å². The first-order chi connectivity index (χ1) is 7.09. The van der Waals surface area contributed by atoms with Gasteiger partial charge in [-0.2, -0.15) is 8.42 Å². The molecule has 0 fully saturated rings. The first-order valence-corrected chi connectivity index (χ1v) is 5.96. The van der Waals surface area contributed by atoms with Crippen molar-refractivity contribution >= 4 is 15.8 Å². The Balaban J connectivity index is 0.000000531. The fourth-order valence-electron chi connectivity index (χ4n) is 1.52. The molecule has 0 amide bonds. The molecule has 1 atom stereocenters. The topological polar surface area (TPSA) is 92.4 Å². The van der Waals surface area contributed by atoms with E-state index in [1.807, 2.05) is 6.07 Å². The summed E-state index contributed by atoms with van der Waals surface area (Å²) < 4.78 is 30.7. The molecule has 6 heteroatoms. The van der Waals surface area contributed by atoms with Crippen LogP contribution in [-0.4, -0.2) is 26.6 Å². The van der Waals surface area contributed by atoms with Crippen LogP contribution in [0, 0.1) is 0 Å². The number of nitrogens with two attached hydrogens (primary N) is 1. The molecular formula is C9H14N2O3S. The molecule has 1 aromatic carbocycles. The Kier molecular flexibility index (Phi) is 3.67. The third-order valence-corrected chi connectivity index (χ3v) is 3.28. The molecule has 0 aromatic heterocycles. The Morgan fingerprint density at radius 1 is 1.40 bits per heavy atom. The minimum Gasteiger partial charge on any atom is -0.383 e. The largest absolute Gasteiger partial charge is 0.383 e. The highest BCUT2D eigenvalue weighted by Crippen LogP contribution is 2.33. The van der Waals surface area contributed by atoms with Crippen molar-refractivity contribution < 1.29 is 13.0 Å². The Bertz CT molecular complexity index is 431. The van der Waals surface area contributed by atoms with Gasteiger partial charge in [0.25, 0.3) is 10.1 Å². The van der Waals surface area contributed by atoms with Crippen LogP contribution in [-0.2, 0) is 10.1 Å². The summed E-state index contributed by atoms with van der Waals surface area (Å²) in [6.07, 6.45) is 0. The van der Waals surface area contributed by atoms with Crippen LogP contribution in [0.2, 0.25) is 0 Å². The first kappa shape index (κ1) is 12.0. The third kappa shape index (κ3) is 2.47. The molecule has 1 aromatic rings. The summed E-state index contributed by atoms with van der Waals surface area (Å²) in [4.78, 5) is 0. The molecule has 1 aliphatic rings. The molecule has 0 saturated heterocycles. The van der Waals surface area contributed by atoms with Gasteiger partial charge in [0.05, 0.1) is 0 Å². The summed E-state index contributed by atoms with van der Waals surface area (Å²) in [6, 6.07) is 7.07. The van der Waals surface area contributed by atoms with E-state index in [0.717, 1.165) is 5.69 Å². The highest BCUT2D eigenvalue weighted by molar-refractivity contribution is 7.86. The van der Waals surface area contributed by atoms with Crippen LogP contribution in [0.1, 0.15) is 10.8 Å². The Morgan fingerprint density at radius 3 is 2.60 bits per heavy atom. The highest BCUT2D eigenvalue weighted by Gasteiger charge is 2.31. The lowest BCUT2D eigenvalue weighted by molar-refractivity contribution is 0.472. The second kappa shape index (κ2) is 4.61. The van der Waals surface area contributed by atoms with Gasteiger partial charge in [0, 0.05) is 12.2 Å². The van der Waals surface area contributed by atoms with Crippen LogP contribution >= 0.6 is 0 Å². The summed E-state index contributed by atoms with van der Waals surface area (Å²) >= 11 is 0. The molecule has 0 spiro atoms. The molecule has 15 heavy (non-hydrogen) atoms. The Labute approximate surface area is 89.0 Å². The second-order valence-electron chi connectivity index (χ2n) is 2.97. The molecule has 0 radical (unpaired) electrons. The maximum absolute atomic E-state index is 10.9. The highest BCUT2D eigenvalue weighted by atomic mass is 32.2. The maximum Gasteiger partial charge on any atom is 0.273 e. The van der Waals surface area contributed by atoms with Gasteiger partial charge in [-0.25, -0.2) is 0 Å². The van der Waals surface area contributed by atoms with Crippen molar-refractivity contribution in [1.29, 1.82) is 0 Å². The molecular weight excluding hydrogens is 216 g/mol. The predicted octanol–water partition coefficient (Wildman–Crippen LogP) is 0.616. The molecule has 0 bridgehead atoms. The van der Waals surface area contributed by atoms with Crippen molar-refractivity contribution in [3.63, 3.8) is 0 Å². The minimum atomic E-state index is -3.98. The van der Waals surface area contributed by atoms with Crippen LogP contribution in [0.5, 0.6) is 0 Å². The number of para-hydroxylation sites is 1. The van der Waals surface area contributed by atoms with Crippen molar-refractivity contribution in [2.75, 3.05) is 18.9 Å². The van der Waals surface area contributed by atoms with Gasteiger partial charge in [0.2, 0.25) is 0 Å². The number of hydrogen-bond donors (Lipinski definition) is 3. The third-order valence-electron chi connectivity index (χ3n) is 2.15. The van der Waals surface area contributed by atoms with E-state index in [0.29, 0.717) is 5.56 Å². The fourth-order valence-corrected chi connectivity index (χ4v) is 2.34. The van der Waals surface area contributed by atoms with Gasteiger partial charge in [-0.1, -0.05) is 18.2 Å². The summed E-state index contributed by atoms with van der Waals surface area (Å²) in [5.41, 5.74) is 5.93. The monoisotopic (exact) mass is 230 g/mol. The normalized spacial score (nSPS) is 18.5. The molecule has 5 nitrogen and oxygen atoms in total. The minimum absolute atomic E-state index is 0.248. The second-order valence-corrected chi connectivity index (χ2v) is 4.57. The van der Waals surface area contributed by atoms with Gasteiger partial charge in [-0.15, -0.1) is 0 Å². The van der Waals surface area contributed by atoms with Crippen LogP contribution < -0.4 is 11.1 Å². The quantitative estimate of drug-likeness (QED) is 0.615. The molecule has 0 aliphatic carbocycles. The lowest BCUT2D eigenvalue weighted by Gasteiger charge is -2.04. The number of fused-ring (bicyclic) bond motifs is 1. The molecule has 1 unspecified atom stereocenters. The van der Waals surface area contributed by atoms with E-state index in [1.54, 1.807) is 18.2 Å². The zero-order valence-electron chi connectivity index (χ0n) is 8.34. The van der Waals surface area contributed by atoms with E-state index in [4.69, 9.17) is 4.55 Å². The number of benzene rings is 1. The van der Waals surface area contributed by atoms with Crippen molar-refractivity contribution in [3.05, 3.63) is 29.8 Å². The summed E-state index contributed by atoms with van der Waals surface area (Å²) in [7, 11) is -2.48. The summed E-state index contributed by atoms with van der Waals surface area (Å²) in [5.74, 6) is 0. The average molecular weight is 230 g/mol. The number of nitrogens with one attached hydrogen (secondary N) is 1. The van der Waals surface area contributed by atoms with Crippen LogP contribution in [0.25, 0.3) is 0 Å². The molecule has 84 valence electrons. The van der Waals surface area contributed by atoms with Gasteiger partial charge < -0.3 is 11.1 Å². The van der Waals surface area contributed by atoms with E-state index in [9.17, 15) is 8.42 Å². The van der Waals surface area contributed by atoms with E-state index < -0.39 is 15.4 Å². The molecule has 1 aliphatic heterocycles. The van der Waals surface area contributed by atoms with Crippen molar-refractivity contribution in [2.45, 2.75) is 5.25 Å². The molecule has 1 heterocycles. The van der Waals surface area contributed by atoms with Gasteiger partial charge in [0.1, 0.15) is 5.25 Å². The van der Waals surface area contributed by atoms with Gasteiger partial charge in [-0.05, 0) is 18.7 Å². The van der Waals surface area contributed by atoms with Crippen molar-refractivity contribution in [3.8, 4) is 0 Å². The van der Waals surface area contributed by atoms with E-state index in [-0.39, 0.29) is 6.54 Å². The van der Waals surface area contributed by atoms with Gasteiger partial charge in [0.15, 0.2) is 0 Å². The molecule has 4 N–H and O–H groups in total. The van der Waals surface area contributed by atoms with Gasteiger partial charge in [-0.3, -0.25) is 4.55 Å². The van der Waals surface area contributed by atoms with Crippen molar-refractivity contribution in [1.82, 2.24) is 0 Å². The predicted molar refractivity (Wildman–Crippen MR) is 59.3 cm³/mol. The number of anilines is 1. The number of rotatable bonds is 1. The lowest BCUT2D eigenvalue weighted by atomic mass is 10.2. The number of hydrogen-bond acceptors (Lipinski definition) is 4. The summed E-state index contributed by atoms with van der Waals surface area (Å²) in [6.45, 7) is 0.248. The fraction of sp³-hybridized carbons (Fsp3) is 0.333. The van der Waals surface area contributed by atoms with Crippen LogP contribution in [0.4, 0.5) is 5.69 Å². The lowest BCUT2D eigenvalue weighted by Crippen LogP contribution is -2.13. The molecule has 2 rings (SSSR count). The maximum atomic E-state index is 10.9. The van der Waals surface area contributed by atoms with E-state index in [2.05, 4.69) is 11.1 Å². The Hall–Kier alpha value is -1.11. The SMILES string of the molecule is CN.O=S(=O)(O)C1CNc2ccccc21. The van der Waals surface area contributed by atoms with Gasteiger partial charge >= 0.3 is 0 Å². The first-order valence-electron chi connectivity index (χ1n) is 4.46. The van der Waals surface area contributed by atoms with E-state index in [1.165, 1.54) is 7.05 Å². The standard InChI is InChI=1S/C8H9NO3S.CH5N/c10-13(11,12)8-5-9-7-4-2-1-3-6(7)8;1-2/h1-4,8-9H,5H2,(H,10,11,12);2H2,1H3. The molecule has 0 saturated carbocycles. The van der Waals surface area contributed by atoms with Crippen molar-refractivity contribution in [2.24, 2.45) is 5.73 Å². The van der Waals surface area contributed by atoms with Crippen LogP contribution in [0.15, 0.2) is 24.3 Å².